The van der Waals surface area contributed by atoms with E-state index in [1.165, 1.54) is 26.2 Å². The summed E-state index contributed by atoms with van der Waals surface area (Å²) < 4.78 is 10.3. The smallest absolute Gasteiger partial charge is 0.342 e. The molecule has 2 N–H and O–H groups in total. The predicted molar refractivity (Wildman–Crippen MR) is 94.4 cm³/mol. The van der Waals surface area contributed by atoms with Crippen molar-refractivity contribution in [3.05, 3.63) is 52.5 Å². The maximum atomic E-state index is 12.3. The first kappa shape index (κ1) is 18.6. The first-order valence-corrected chi connectivity index (χ1v) is 7.85. The molecule has 0 aromatic heterocycles. The van der Waals surface area contributed by atoms with Crippen molar-refractivity contribution in [3.8, 4) is 11.5 Å². The third-order valence-corrected chi connectivity index (χ3v) is 3.77. The molecule has 0 fully saturated rings. The average molecular weight is 364 g/mol. The number of aryl methyl sites for hydroxylation is 1. The maximum absolute atomic E-state index is 12.3. The van der Waals surface area contributed by atoms with E-state index in [0.29, 0.717) is 22.0 Å². The number of methoxy groups -OCH3 is 1. The summed E-state index contributed by atoms with van der Waals surface area (Å²) in [4.78, 5) is 24.4. The fraction of sp³-hybridized carbons (Fsp3) is 0.222. The molecule has 0 aliphatic heterocycles. The largest absolute Gasteiger partial charge is 0.507 e. The van der Waals surface area contributed by atoms with Gasteiger partial charge in [-0.3, -0.25) is 4.79 Å². The van der Waals surface area contributed by atoms with Gasteiger partial charge in [-0.05, 0) is 43.7 Å². The zero-order valence-electron chi connectivity index (χ0n) is 14.0. The van der Waals surface area contributed by atoms with Crippen molar-refractivity contribution < 1.29 is 24.2 Å². The number of para-hydroxylation sites is 1. The van der Waals surface area contributed by atoms with Crippen molar-refractivity contribution in [1.82, 2.24) is 0 Å². The van der Waals surface area contributed by atoms with Crippen LogP contribution in [-0.4, -0.2) is 30.2 Å². The Hall–Kier alpha value is -2.73. The normalized spacial score (nSPS) is 11.5. The standard InChI is InChI=1S/C18H18ClNO5/c1-10-5-4-6-13(16(10)21)18(23)25-11(2)17(22)20-14-9-12(19)7-8-15(14)24-3/h4-9,11,21H,1-3H3,(H,20,22)/t11-/m1/s1. The summed E-state index contributed by atoms with van der Waals surface area (Å²) >= 11 is 5.91. The maximum Gasteiger partial charge on any atom is 0.342 e. The molecule has 0 bridgehead atoms. The Balaban J connectivity index is 2.09. The number of hydrogen-bond donors (Lipinski definition) is 2. The van der Waals surface area contributed by atoms with Crippen LogP contribution < -0.4 is 10.1 Å². The second kappa shape index (κ2) is 7.90. The van der Waals surface area contributed by atoms with Crippen molar-refractivity contribution in [2.45, 2.75) is 20.0 Å². The van der Waals surface area contributed by atoms with Gasteiger partial charge >= 0.3 is 5.97 Å². The summed E-state index contributed by atoms with van der Waals surface area (Å²) in [5.74, 6) is -1.09. The van der Waals surface area contributed by atoms with Gasteiger partial charge in [-0.25, -0.2) is 4.79 Å². The molecule has 25 heavy (non-hydrogen) atoms. The minimum absolute atomic E-state index is 0.0000129. The lowest BCUT2D eigenvalue weighted by molar-refractivity contribution is -0.123. The van der Waals surface area contributed by atoms with Gasteiger partial charge in [-0.1, -0.05) is 23.7 Å². The molecule has 0 saturated heterocycles. The molecule has 0 heterocycles. The van der Waals surface area contributed by atoms with E-state index < -0.39 is 18.0 Å². The van der Waals surface area contributed by atoms with Crippen molar-refractivity contribution in [3.63, 3.8) is 0 Å². The highest BCUT2D eigenvalue weighted by atomic mass is 35.5. The molecule has 2 rings (SSSR count). The zero-order valence-corrected chi connectivity index (χ0v) is 14.8. The van der Waals surface area contributed by atoms with Gasteiger partial charge in [0.1, 0.15) is 17.1 Å². The monoisotopic (exact) mass is 363 g/mol. The molecule has 7 heteroatoms. The summed E-state index contributed by atoms with van der Waals surface area (Å²) in [5, 5.41) is 12.9. The number of ether oxygens (including phenoxy) is 2. The fourth-order valence-electron chi connectivity index (χ4n) is 2.11. The van der Waals surface area contributed by atoms with Crippen LogP contribution >= 0.6 is 11.6 Å². The van der Waals surface area contributed by atoms with Gasteiger partial charge in [0.2, 0.25) is 0 Å². The minimum atomic E-state index is -1.09. The Labute approximate surface area is 150 Å². The van der Waals surface area contributed by atoms with E-state index in [9.17, 15) is 14.7 Å². The number of phenols is 1. The lowest BCUT2D eigenvalue weighted by atomic mass is 10.1. The number of hydrogen-bond acceptors (Lipinski definition) is 5. The van der Waals surface area contributed by atoms with Crippen LogP contribution in [0.4, 0.5) is 5.69 Å². The number of benzene rings is 2. The topological polar surface area (TPSA) is 84.9 Å². The van der Waals surface area contributed by atoms with Gasteiger partial charge in [0.05, 0.1) is 12.8 Å². The molecule has 0 radical (unpaired) electrons. The highest BCUT2D eigenvalue weighted by molar-refractivity contribution is 6.31. The highest BCUT2D eigenvalue weighted by Crippen LogP contribution is 2.28. The van der Waals surface area contributed by atoms with Gasteiger partial charge in [0, 0.05) is 5.02 Å². The Bertz CT molecular complexity index is 806. The van der Waals surface area contributed by atoms with Gasteiger partial charge in [-0.15, -0.1) is 0 Å². The number of nitrogens with one attached hydrogen (secondary N) is 1. The lowest BCUT2D eigenvalue weighted by Gasteiger charge is -2.16. The summed E-state index contributed by atoms with van der Waals surface area (Å²) in [6, 6.07) is 9.47. The number of halogens is 1. The summed E-state index contributed by atoms with van der Waals surface area (Å²) in [7, 11) is 1.46. The molecule has 1 atom stereocenters. The van der Waals surface area contributed by atoms with Gasteiger partial charge in [0.25, 0.3) is 5.91 Å². The molecule has 0 aliphatic rings. The Morgan fingerprint density at radius 2 is 1.96 bits per heavy atom. The van der Waals surface area contributed by atoms with E-state index in [1.54, 1.807) is 31.2 Å². The zero-order chi connectivity index (χ0) is 18.6. The van der Waals surface area contributed by atoms with E-state index in [2.05, 4.69) is 5.32 Å². The van der Waals surface area contributed by atoms with Crippen LogP contribution in [0.25, 0.3) is 0 Å². The molecule has 0 aliphatic carbocycles. The number of esters is 1. The van der Waals surface area contributed by atoms with Crippen LogP contribution in [0.5, 0.6) is 11.5 Å². The van der Waals surface area contributed by atoms with Crippen LogP contribution in [0.3, 0.4) is 0 Å². The molecular formula is C18H18ClNO5. The molecule has 1 amide bonds. The molecule has 6 nitrogen and oxygen atoms in total. The molecule has 0 spiro atoms. The first-order valence-electron chi connectivity index (χ1n) is 7.47. The summed E-state index contributed by atoms with van der Waals surface area (Å²) in [6.45, 7) is 3.09. The molecule has 2 aromatic carbocycles. The van der Waals surface area contributed by atoms with E-state index in [0.717, 1.165) is 0 Å². The number of rotatable bonds is 5. The van der Waals surface area contributed by atoms with Crippen molar-refractivity contribution >= 4 is 29.2 Å². The Morgan fingerprint density at radius 1 is 1.24 bits per heavy atom. The Morgan fingerprint density at radius 3 is 2.64 bits per heavy atom. The van der Waals surface area contributed by atoms with E-state index in [1.807, 2.05) is 0 Å². The van der Waals surface area contributed by atoms with E-state index in [-0.39, 0.29) is 11.3 Å². The number of amides is 1. The van der Waals surface area contributed by atoms with Crippen LogP contribution in [0.2, 0.25) is 5.02 Å². The second-order valence-corrected chi connectivity index (χ2v) is 5.79. The molecular weight excluding hydrogens is 346 g/mol. The average Bonchev–Trinajstić information content (AvgIpc) is 2.57. The number of phenolic OH excluding ortho intramolecular Hbond substituents is 1. The molecule has 132 valence electrons. The number of aromatic hydroxyl groups is 1. The van der Waals surface area contributed by atoms with Gasteiger partial charge in [-0.2, -0.15) is 0 Å². The second-order valence-electron chi connectivity index (χ2n) is 5.35. The summed E-state index contributed by atoms with van der Waals surface area (Å²) in [5.41, 5.74) is 0.900. The number of anilines is 1. The first-order chi connectivity index (χ1) is 11.8. The number of carbonyl (C=O) groups excluding carboxylic acids is 2. The van der Waals surface area contributed by atoms with Crippen molar-refractivity contribution in [2.75, 3.05) is 12.4 Å². The number of carbonyl (C=O) groups is 2. The van der Waals surface area contributed by atoms with E-state index in [4.69, 9.17) is 21.1 Å². The van der Waals surface area contributed by atoms with Crippen LogP contribution in [-0.2, 0) is 9.53 Å². The summed E-state index contributed by atoms with van der Waals surface area (Å²) in [6.07, 6.45) is -1.09. The lowest BCUT2D eigenvalue weighted by Crippen LogP contribution is -2.30. The van der Waals surface area contributed by atoms with Crippen LogP contribution in [0.15, 0.2) is 36.4 Å². The van der Waals surface area contributed by atoms with Crippen molar-refractivity contribution in [1.29, 1.82) is 0 Å². The molecule has 0 saturated carbocycles. The quantitative estimate of drug-likeness (QED) is 0.793. The van der Waals surface area contributed by atoms with Crippen molar-refractivity contribution in [2.24, 2.45) is 0 Å². The Kier molecular flexibility index (Phi) is 5.88. The predicted octanol–water partition coefficient (Wildman–Crippen LogP) is 3.55. The third-order valence-electron chi connectivity index (χ3n) is 3.53. The van der Waals surface area contributed by atoms with Crippen LogP contribution in [0.1, 0.15) is 22.8 Å². The molecule has 2 aromatic rings. The minimum Gasteiger partial charge on any atom is -0.507 e. The van der Waals surface area contributed by atoms with Gasteiger partial charge < -0.3 is 19.9 Å². The van der Waals surface area contributed by atoms with E-state index >= 15 is 0 Å². The SMILES string of the molecule is COc1ccc(Cl)cc1NC(=O)[C@@H](C)OC(=O)c1cccc(C)c1O. The van der Waals surface area contributed by atoms with Gasteiger partial charge in [0.15, 0.2) is 6.10 Å². The third kappa shape index (κ3) is 4.42. The fourth-order valence-corrected chi connectivity index (χ4v) is 2.29. The molecule has 0 unspecified atom stereocenters. The van der Waals surface area contributed by atoms with Crippen LogP contribution in [0, 0.1) is 6.92 Å². The highest BCUT2D eigenvalue weighted by Gasteiger charge is 2.22.